The molecule has 2 aromatic carbocycles. The molecule has 160 valence electrons. The quantitative estimate of drug-likeness (QED) is 0.535. The van der Waals surface area contributed by atoms with Gasteiger partial charge < -0.3 is 20.6 Å². The minimum Gasteiger partial charge on any atom is -0.508 e. The Labute approximate surface area is 184 Å². The molecule has 0 bridgehead atoms. The van der Waals surface area contributed by atoms with Crippen LogP contribution < -0.4 is 15.5 Å². The van der Waals surface area contributed by atoms with Crippen molar-refractivity contribution in [2.24, 2.45) is 0 Å². The second kappa shape index (κ2) is 9.32. The second-order valence-corrected chi connectivity index (χ2v) is 7.89. The maximum atomic E-state index is 13.3. The molecule has 2 heterocycles. The van der Waals surface area contributed by atoms with E-state index in [0.29, 0.717) is 22.8 Å². The van der Waals surface area contributed by atoms with Crippen LogP contribution in [0.1, 0.15) is 22.3 Å². The summed E-state index contributed by atoms with van der Waals surface area (Å²) in [5.74, 6) is 0.263. The number of phenolic OH excluding ortho intramolecular Hbond substituents is 1. The van der Waals surface area contributed by atoms with E-state index in [4.69, 9.17) is 11.6 Å². The summed E-state index contributed by atoms with van der Waals surface area (Å²) in [6.45, 7) is 2.13. The first kappa shape index (κ1) is 21.1. The summed E-state index contributed by atoms with van der Waals surface area (Å²) in [7, 11) is 0. The second-order valence-electron chi connectivity index (χ2n) is 7.46. The highest BCUT2D eigenvalue weighted by Gasteiger charge is 2.23. The van der Waals surface area contributed by atoms with Crippen molar-refractivity contribution in [1.82, 2.24) is 10.3 Å². The Morgan fingerprint density at radius 1 is 1.23 bits per heavy atom. The normalized spacial score (nSPS) is 15.8. The molecule has 1 aliphatic heterocycles. The van der Waals surface area contributed by atoms with Gasteiger partial charge in [0.1, 0.15) is 17.4 Å². The SMILES string of the molecule is O=C(Nc1cccc(F)c1)c1ccc(N2CCC(NCc3cc(Cl)ccc3O)C2)nc1. The Kier molecular flexibility index (Phi) is 6.34. The summed E-state index contributed by atoms with van der Waals surface area (Å²) < 4.78 is 13.3. The summed E-state index contributed by atoms with van der Waals surface area (Å²) in [6, 6.07) is 14.5. The van der Waals surface area contributed by atoms with Crippen LogP contribution in [0.2, 0.25) is 5.02 Å². The molecule has 3 aromatic rings. The number of aromatic hydroxyl groups is 1. The summed E-state index contributed by atoms with van der Waals surface area (Å²) in [5, 5.41) is 16.6. The van der Waals surface area contributed by atoms with Gasteiger partial charge in [0.15, 0.2) is 0 Å². The molecule has 31 heavy (non-hydrogen) atoms. The zero-order valence-corrected chi connectivity index (χ0v) is 17.4. The van der Waals surface area contributed by atoms with E-state index in [0.717, 1.165) is 30.9 Å². The molecule has 4 rings (SSSR count). The number of amides is 1. The van der Waals surface area contributed by atoms with Crippen molar-refractivity contribution in [3.8, 4) is 5.75 Å². The maximum Gasteiger partial charge on any atom is 0.257 e. The van der Waals surface area contributed by atoms with Crippen LogP contribution in [0.25, 0.3) is 0 Å². The van der Waals surface area contributed by atoms with Crippen LogP contribution in [0.3, 0.4) is 0 Å². The molecule has 6 nitrogen and oxygen atoms in total. The Balaban J connectivity index is 1.32. The number of phenols is 1. The van der Waals surface area contributed by atoms with Gasteiger partial charge in [0.2, 0.25) is 0 Å². The van der Waals surface area contributed by atoms with E-state index in [1.165, 1.54) is 24.4 Å². The smallest absolute Gasteiger partial charge is 0.257 e. The number of aromatic nitrogens is 1. The molecular formula is C23H22ClFN4O2. The zero-order valence-electron chi connectivity index (χ0n) is 16.7. The average Bonchev–Trinajstić information content (AvgIpc) is 3.23. The molecule has 3 N–H and O–H groups in total. The molecule has 0 spiro atoms. The Bertz CT molecular complexity index is 1080. The first-order valence-electron chi connectivity index (χ1n) is 9.96. The number of anilines is 2. The van der Waals surface area contributed by atoms with Crippen LogP contribution in [-0.2, 0) is 6.54 Å². The van der Waals surface area contributed by atoms with Gasteiger partial charge in [0.25, 0.3) is 5.91 Å². The molecule has 0 radical (unpaired) electrons. The van der Waals surface area contributed by atoms with Gasteiger partial charge in [-0.2, -0.15) is 0 Å². The fourth-order valence-corrected chi connectivity index (χ4v) is 3.76. The summed E-state index contributed by atoms with van der Waals surface area (Å²) in [5.41, 5.74) is 1.56. The van der Waals surface area contributed by atoms with Crippen molar-refractivity contribution in [3.05, 3.63) is 82.8 Å². The summed E-state index contributed by atoms with van der Waals surface area (Å²) in [4.78, 5) is 18.9. The molecule has 1 aromatic heterocycles. The first-order valence-corrected chi connectivity index (χ1v) is 10.3. The summed E-state index contributed by atoms with van der Waals surface area (Å²) in [6.07, 6.45) is 2.46. The number of benzene rings is 2. The van der Waals surface area contributed by atoms with Gasteiger partial charge in [-0.05, 0) is 55.0 Å². The van der Waals surface area contributed by atoms with Crippen LogP contribution in [0.15, 0.2) is 60.8 Å². The lowest BCUT2D eigenvalue weighted by Gasteiger charge is -2.18. The van der Waals surface area contributed by atoms with Crippen LogP contribution in [0, 0.1) is 5.82 Å². The van der Waals surface area contributed by atoms with Gasteiger partial charge in [0, 0.05) is 48.1 Å². The number of hydrogen-bond acceptors (Lipinski definition) is 5. The number of carbonyl (C=O) groups is 1. The number of rotatable bonds is 6. The van der Waals surface area contributed by atoms with E-state index in [2.05, 4.69) is 20.5 Å². The van der Waals surface area contributed by atoms with E-state index >= 15 is 0 Å². The van der Waals surface area contributed by atoms with Gasteiger partial charge >= 0.3 is 0 Å². The third-order valence-electron chi connectivity index (χ3n) is 5.23. The predicted molar refractivity (Wildman–Crippen MR) is 119 cm³/mol. The number of carbonyl (C=O) groups excluding carboxylic acids is 1. The fourth-order valence-electron chi connectivity index (χ4n) is 3.56. The lowest BCUT2D eigenvalue weighted by Crippen LogP contribution is -2.32. The Morgan fingerprint density at radius 3 is 2.87 bits per heavy atom. The number of hydrogen-bond donors (Lipinski definition) is 3. The third kappa shape index (κ3) is 5.31. The minimum absolute atomic E-state index is 0.223. The molecule has 0 saturated carbocycles. The van der Waals surface area contributed by atoms with Gasteiger partial charge in [-0.1, -0.05) is 17.7 Å². The number of nitrogens with zero attached hydrogens (tertiary/aromatic N) is 2. The van der Waals surface area contributed by atoms with Crippen LogP contribution >= 0.6 is 11.6 Å². The highest BCUT2D eigenvalue weighted by Crippen LogP contribution is 2.23. The Morgan fingerprint density at radius 2 is 2.10 bits per heavy atom. The van der Waals surface area contributed by atoms with E-state index in [1.54, 1.807) is 30.3 Å². The largest absolute Gasteiger partial charge is 0.508 e. The fraction of sp³-hybridized carbons (Fsp3) is 0.217. The monoisotopic (exact) mass is 440 g/mol. The molecule has 1 atom stereocenters. The third-order valence-corrected chi connectivity index (χ3v) is 5.46. The van der Waals surface area contributed by atoms with E-state index < -0.39 is 5.82 Å². The molecule has 0 aliphatic carbocycles. The van der Waals surface area contributed by atoms with Gasteiger partial charge in [-0.15, -0.1) is 0 Å². The van der Waals surface area contributed by atoms with E-state index in [-0.39, 0.29) is 17.7 Å². The van der Waals surface area contributed by atoms with Gasteiger partial charge in [0.05, 0.1) is 5.56 Å². The number of nitrogens with one attached hydrogen (secondary N) is 2. The lowest BCUT2D eigenvalue weighted by molar-refractivity contribution is 0.102. The van der Waals surface area contributed by atoms with Crippen molar-refractivity contribution in [1.29, 1.82) is 0 Å². The van der Waals surface area contributed by atoms with Gasteiger partial charge in [-0.25, -0.2) is 9.37 Å². The maximum absolute atomic E-state index is 13.3. The molecule has 1 aliphatic rings. The average molecular weight is 441 g/mol. The molecule has 1 unspecified atom stereocenters. The molecule has 1 fully saturated rings. The topological polar surface area (TPSA) is 77.5 Å². The first-order chi connectivity index (χ1) is 15.0. The minimum atomic E-state index is -0.408. The molecular weight excluding hydrogens is 419 g/mol. The van der Waals surface area contributed by atoms with Crippen molar-refractivity contribution >= 4 is 29.0 Å². The van der Waals surface area contributed by atoms with Crippen LogP contribution in [-0.4, -0.2) is 35.1 Å². The van der Waals surface area contributed by atoms with Crippen LogP contribution in [0.4, 0.5) is 15.9 Å². The van der Waals surface area contributed by atoms with E-state index in [1.807, 2.05) is 6.07 Å². The molecule has 1 amide bonds. The molecule has 8 heteroatoms. The lowest BCUT2D eigenvalue weighted by atomic mass is 10.2. The van der Waals surface area contributed by atoms with Crippen molar-refractivity contribution in [2.45, 2.75) is 19.0 Å². The highest BCUT2D eigenvalue weighted by atomic mass is 35.5. The predicted octanol–water partition coefficient (Wildman–Crippen LogP) is 4.20. The zero-order chi connectivity index (χ0) is 21.8. The van der Waals surface area contributed by atoms with Crippen LogP contribution in [0.5, 0.6) is 5.75 Å². The standard InChI is InChI=1S/C23H22ClFN4O2/c24-17-5-6-21(30)16(10-17)13-26-20-8-9-29(14-20)22-7-4-15(12-27-22)23(31)28-19-3-1-2-18(25)11-19/h1-7,10-12,20,26,30H,8-9,13-14H2,(H,28,31). The van der Waals surface area contributed by atoms with E-state index in [9.17, 15) is 14.3 Å². The van der Waals surface area contributed by atoms with Crippen molar-refractivity contribution in [3.63, 3.8) is 0 Å². The van der Waals surface area contributed by atoms with Crippen molar-refractivity contribution in [2.75, 3.05) is 23.3 Å². The van der Waals surface area contributed by atoms with Crippen molar-refractivity contribution < 1.29 is 14.3 Å². The molecule has 1 saturated heterocycles. The number of halogens is 2. The Hall–Kier alpha value is -3.16. The summed E-state index contributed by atoms with van der Waals surface area (Å²) >= 11 is 6.00. The highest BCUT2D eigenvalue weighted by molar-refractivity contribution is 6.30. The number of pyridine rings is 1. The van der Waals surface area contributed by atoms with Gasteiger partial charge in [-0.3, -0.25) is 4.79 Å².